The molecule has 1 atom stereocenters. The third-order valence-electron chi connectivity index (χ3n) is 3.07. The summed E-state index contributed by atoms with van der Waals surface area (Å²) in [5.41, 5.74) is 1.41. The second-order valence-electron chi connectivity index (χ2n) is 4.39. The third-order valence-corrected chi connectivity index (χ3v) is 3.07. The van der Waals surface area contributed by atoms with Gasteiger partial charge in [-0.2, -0.15) is 0 Å². The molecule has 18 heavy (non-hydrogen) atoms. The minimum atomic E-state index is -0.190. The van der Waals surface area contributed by atoms with Gasteiger partial charge in [0, 0.05) is 12.5 Å². The molecular formula is C14H18O4. The highest BCUT2D eigenvalue weighted by Gasteiger charge is 2.17. The molecule has 0 N–H and O–H groups in total. The lowest BCUT2D eigenvalue weighted by Crippen LogP contribution is -2.25. The van der Waals surface area contributed by atoms with Gasteiger partial charge in [-0.1, -0.05) is 0 Å². The van der Waals surface area contributed by atoms with Crippen molar-refractivity contribution in [1.29, 1.82) is 0 Å². The number of hydrogen-bond donors (Lipinski definition) is 0. The van der Waals surface area contributed by atoms with Crippen LogP contribution in [0.3, 0.4) is 0 Å². The standard InChI is InChI=1S/C14H18O4/c1-10-7-11(8-13(16-2)12(10)9-15)18-14-5-3-4-6-17-14/h7-9,14H,3-6H2,1-2H3/t14-/m0/s1. The molecule has 98 valence electrons. The second kappa shape index (κ2) is 5.87. The maximum absolute atomic E-state index is 11.0. The van der Waals surface area contributed by atoms with Crippen LogP contribution in [0.4, 0.5) is 0 Å². The van der Waals surface area contributed by atoms with Gasteiger partial charge >= 0.3 is 0 Å². The Bertz CT molecular complexity index is 422. The van der Waals surface area contributed by atoms with Crippen molar-refractivity contribution in [2.75, 3.05) is 13.7 Å². The first-order valence-corrected chi connectivity index (χ1v) is 6.16. The maximum atomic E-state index is 11.0. The van der Waals surface area contributed by atoms with Gasteiger partial charge in [-0.3, -0.25) is 4.79 Å². The molecule has 4 heteroatoms. The Balaban J connectivity index is 2.17. The van der Waals surface area contributed by atoms with E-state index in [4.69, 9.17) is 14.2 Å². The van der Waals surface area contributed by atoms with Crippen LogP contribution in [0.5, 0.6) is 11.5 Å². The Hall–Kier alpha value is -1.55. The summed E-state index contributed by atoms with van der Waals surface area (Å²) >= 11 is 0. The van der Waals surface area contributed by atoms with Crippen LogP contribution in [0, 0.1) is 6.92 Å². The van der Waals surface area contributed by atoms with Crippen LogP contribution in [0.15, 0.2) is 12.1 Å². The zero-order chi connectivity index (χ0) is 13.0. The molecule has 2 rings (SSSR count). The van der Waals surface area contributed by atoms with Gasteiger partial charge in [-0.25, -0.2) is 0 Å². The van der Waals surface area contributed by atoms with Crippen molar-refractivity contribution in [3.05, 3.63) is 23.3 Å². The Morgan fingerprint density at radius 3 is 2.83 bits per heavy atom. The molecule has 0 aliphatic carbocycles. The van der Waals surface area contributed by atoms with E-state index in [1.165, 1.54) is 0 Å². The van der Waals surface area contributed by atoms with Crippen molar-refractivity contribution in [3.8, 4) is 11.5 Å². The number of carbonyl (C=O) groups excluding carboxylic acids is 1. The lowest BCUT2D eigenvalue weighted by molar-refractivity contribution is -0.105. The van der Waals surface area contributed by atoms with Crippen LogP contribution in [0.1, 0.15) is 35.2 Å². The SMILES string of the molecule is COc1cc(O[C@H]2CCCCO2)cc(C)c1C=O. The second-order valence-corrected chi connectivity index (χ2v) is 4.39. The first kappa shape index (κ1) is 12.9. The molecule has 0 saturated carbocycles. The summed E-state index contributed by atoms with van der Waals surface area (Å²) in [5.74, 6) is 1.22. The average Bonchev–Trinajstić information content (AvgIpc) is 2.39. The first-order chi connectivity index (χ1) is 8.74. The third kappa shape index (κ3) is 2.82. The molecule has 1 aromatic rings. The van der Waals surface area contributed by atoms with Crippen molar-refractivity contribution in [1.82, 2.24) is 0 Å². The molecular weight excluding hydrogens is 232 g/mol. The smallest absolute Gasteiger partial charge is 0.199 e. The van der Waals surface area contributed by atoms with E-state index in [2.05, 4.69) is 0 Å². The van der Waals surface area contributed by atoms with Crippen molar-refractivity contribution >= 4 is 6.29 Å². The highest BCUT2D eigenvalue weighted by atomic mass is 16.7. The molecule has 4 nitrogen and oxygen atoms in total. The Labute approximate surface area is 107 Å². The molecule has 1 aliphatic heterocycles. The molecule has 0 unspecified atom stereocenters. The lowest BCUT2D eigenvalue weighted by Gasteiger charge is -2.24. The molecule has 0 spiro atoms. The average molecular weight is 250 g/mol. The van der Waals surface area contributed by atoms with Gasteiger partial charge in [0.25, 0.3) is 0 Å². The van der Waals surface area contributed by atoms with E-state index in [1.54, 1.807) is 13.2 Å². The summed E-state index contributed by atoms with van der Waals surface area (Å²) in [6.07, 6.45) is 3.72. The maximum Gasteiger partial charge on any atom is 0.199 e. The normalized spacial score (nSPS) is 19.3. The molecule has 1 fully saturated rings. The number of benzene rings is 1. The molecule has 0 radical (unpaired) electrons. The highest BCUT2D eigenvalue weighted by molar-refractivity contribution is 5.82. The number of rotatable bonds is 4. The Morgan fingerprint density at radius 2 is 2.22 bits per heavy atom. The van der Waals surface area contributed by atoms with Crippen molar-refractivity contribution in [2.24, 2.45) is 0 Å². The van der Waals surface area contributed by atoms with Gasteiger partial charge in [-0.05, 0) is 31.4 Å². The summed E-state index contributed by atoms with van der Waals surface area (Å²) in [4.78, 5) is 11.0. The lowest BCUT2D eigenvalue weighted by atomic mass is 10.1. The van der Waals surface area contributed by atoms with Crippen LogP contribution < -0.4 is 9.47 Å². The largest absolute Gasteiger partial charge is 0.496 e. The first-order valence-electron chi connectivity index (χ1n) is 6.16. The van der Waals surface area contributed by atoms with Gasteiger partial charge < -0.3 is 14.2 Å². The summed E-state index contributed by atoms with van der Waals surface area (Å²) in [6.45, 7) is 2.61. The predicted molar refractivity (Wildman–Crippen MR) is 67.3 cm³/mol. The number of carbonyl (C=O) groups is 1. The van der Waals surface area contributed by atoms with Gasteiger partial charge in [0.15, 0.2) is 12.6 Å². The van der Waals surface area contributed by atoms with Crippen molar-refractivity contribution in [3.63, 3.8) is 0 Å². The molecule has 0 bridgehead atoms. The van der Waals surface area contributed by atoms with Gasteiger partial charge in [0.2, 0.25) is 0 Å². The van der Waals surface area contributed by atoms with Crippen LogP contribution in [-0.2, 0) is 4.74 Å². The van der Waals surface area contributed by atoms with Gasteiger partial charge in [0.05, 0.1) is 19.3 Å². The minimum absolute atomic E-state index is 0.190. The van der Waals surface area contributed by atoms with Crippen LogP contribution in [-0.4, -0.2) is 26.3 Å². The number of methoxy groups -OCH3 is 1. The monoisotopic (exact) mass is 250 g/mol. The molecule has 0 amide bonds. The summed E-state index contributed by atoms with van der Waals surface area (Å²) in [6, 6.07) is 3.57. The van der Waals surface area contributed by atoms with E-state index in [0.717, 1.165) is 37.7 Å². The summed E-state index contributed by atoms with van der Waals surface area (Å²) < 4.78 is 16.5. The highest BCUT2D eigenvalue weighted by Crippen LogP contribution is 2.29. The number of ether oxygens (including phenoxy) is 3. The van der Waals surface area contributed by atoms with E-state index in [-0.39, 0.29) is 6.29 Å². The topological polar surface area (TPSA) is 44.8 Å². The molecule has 0 aromatic heterocycles. The minimum Gasteiger partial charge on any atom is -0.496 e. The van der Waals surface area contributed by atoms with Crippen molar-refractivity contribution < 1.29 is 19.0 Å². The van der Waals surface area contributed by atoms with Gasteiger partial charge in [-0.15, -0.1) is 0 Å². The summed E-state index contributed by atoms with van der Waals surface area (Å²) in [7, 11) is 1.54. The van der Waals surface area contributed by atoms with Crippen LogP contribution in [0.2, 0.25) is 0 Å². The molecule has 1 aromatic carbocycles. The fraction of sp³-hybridized carbons (Fsp3) is 0.500. The Kier molecular flexibility index (Phi) is 4.20. The number of aldehydes is 1. The number of hydrogen-bond acceptors (Lipinski definition) is 4. The Morgan fingerprint density at radius 1 is 1.39 bits per heavy atom. The number of aryl methyl sites for hydroxylation is 1. The quantitative estimate of drug-likeness (QED) is 0.771. The fourth-order valence-corrected chi connectivity index (χ4v) is 2.08. The summed E-state index contributed by atoms with van der Waals surface area (Å²) in [5, 5.41) is 0. The van der Waals surface area contributed by atoms with Crippen molar-refractivity contribution in [2.45, 2.75) is 32.5 Å². The van der Waals surface area contributed by atoms with E-state index in [9.17, 15) is 4.79 Å². The molecule has 1 saturated heterocycles. The van der Waals surface area contributed by atoms with Crippen LogP contribution >= 0.6 is 0 Å². The van der Waals surface area contributed by atoms with E-state index in [0.29, 0.717) is 17.1 Å². The van der Waals surface area contributed by atoms with E-state index < -0.39 is 0 Å². The molecule has 1 aliphatic rings. The molecule has 1 heterocycles. The van der Waals surface area contributed by atoms with E-state index in [1.807, 2.05) is 13.0 Å². The zero-order valence-corrected chi connectivity index (χ0v) is 10.8. The fourth-order valence-electron chi connectivity index (χ4n) is 2.08. The predicted octanol–water partition coefficient (Wildman–Crippen LogP) is 2.72. The van der Waals surface area contributed by atoms with Gasteiger partial charge in [0.1, 0.15) is 11.5 Å². The van der Waals surface area contributed by atoms with E-state index >= 15 is 0 Å². The van der Waals surface area contributed by atoms with Crippen LogP contribution in [0.25, 0.3) is 0 Å². The zero-order valence-electron chi connectivity index (χ0n) is 10.8.